The number of hydrogen-bond acceptors (Lipinski definition) is 3. The van der Waals surface area contributed by atoms with Crippen LogP contribution in [0.4, 0.5) is 0 Å². The fraction of sp³-hybridized carbons (Fsp3) is 0.588. The number of rotatable bonds is 4. The molecule has 0 spiro atoms. The lowest BCUT2D eigenvalue weighted by atomic mass is 9.93. The molecule has 2 aliphatic rings. The van der Waals surface area contributed by atoms with Gasteiger partial charge in [-0.25, -0.2) is 12.7 Å². The summed E-state index contributed by atoms with van der Waals surface area (Å²) in [6.45, 7) is 2.96. The van der Waals surface area contributed by atoms with Gasteiger partial charge in [0.2, 0.25) is 15.9 Å². The maximum Gasteiger partial charge on any atom is 0.230 e. The van der Waals surface area contributed by atoms with E-state index in [1.54, 1.807) is 0 Å². The van der Waals surface area contributed by atoms with Crippen molar-refractivity contribution in [3.63, 3.8) is 0 Å². The predicted molar refractivity (Wildman–Crippen MR) is 89.7 cm³/mol. The number of sulfonamides is 1. The van der Waals surface area contributed by atoms with Gasteiger partial charge < -0.3 is 5.32 Å². The monoisotopic (exact) mass is 336 g/mol. The summed E-state index contributed by atoms with van der Waals surface area (Å²) < 4.78 is 24.9. The summed E-state index contributed by atoms with van der Waals surface area (Å²) in [4.78, 5) is 12.8. The number of carbonyl (C=O) groups excluding carboxylic acids is 1. The number of nitrogens with one attached hydrogen (secondary N) is 1. The van der Waals surface area contributed by atoms with Crippen molar-refractivity contribution in [3.8, 4) is 0 Å². The first-order chi connectivity index (χ1) is 10.8. The highest BCUT2D eigenvalue weighted by molar-refractivity contribution is 7.88. The summed E-state index contributed by atoms with van der Waals surface area (Å²) in [6, 6.07) is 8.03. The van der Waals surface area contributed by atoms with Gasteiger partial charge in [0.15, 0.2) is 0 Å². The molecule has 126 valence electrons. The summed E-state index contributed by atoms with van der Waals surface area (Å²) in [5, 5.41) is 3.10. The van der Waals surface area contributed by atoms with Crippen LogP contribution in [-0.2, 0) is 20.2 Å². The van der Waals surface area contributed by atoms with E-state index in [-0.39, 0.29) is 11.9 Å². The highest BCUT2D eigenvalue weighted by Crippen LogP contribution is 2.48. The van der Waals surface area contributed by atoms with Crippen molar-refractivity contribution in [1.82, 2.24) is 9.62 Å². The molecular weight excluding hydrogens is 312 g/mol. The van der Waals surface area contributed by atoms with Gasteiger partial charge in [0.1, 0.15) is 0 Å². The largest absolute Gasteiger partial charge is 0.351 e. The molecule has 1 atom stereocenters. The third-order valence-electron chi connectivity index (χ3n) is 4.94. The Morgan fingerprint density at radius 1 is 1.35 bits per heavy atom. The molecule has 0 bridgehead atoms. The number of aryl methyl sites for hydroxylation is 1. The summed E-state index contributed by atoms with van der Waals surface area (Å²) in [5.41, 5.74) is 1.83. The SMILES string of the molecule is Cc1cccc(C2(C(=O)N[C@H]3CCCN(S(C)(=O)=O)C3)CC2)c1. The minimum Gasteiger partial charge on any atom is -0.351 e. The Morgan fingerprint density at radius 3 is 2.70 bits per heavy atom. The second kappa shape index (κ2) is 5.91. The Balaban J connectivity index is 1.70. The molecule has 1 aromatic rings. The van der Waals surface area contributed by atoms with E-state index in [9.17, 15) is 13.2 Å². The first-order valence-electron chi connectivity index (χ1n) is 8.14. The van der Waals surface area contributed by atoms with Crippen molar-refractivity contribution in [3.05, 3.63) is 35.4 Å². The fourth-order valence-electron chi connectivity index (χ4n) is 3.40. The molecule has 1 amide bonds. The molecule has 1 aromatic carbocycles. The van der Waals surface area contributed by atoms with Gasteiger partial charge in [-0.2, -0.15) is 0 Å². The van der Waals surface area contributed by atoms with Gasteiger partial charge >= 0.3 is 0 Å². The molecule has 1 saturated carbocycles. The number of nitrogens with zero attached hydrogens (tertiary/aromatic N) is 1. The normalized spacial score (nSPS) is 24.2. The molecule has 2 fully saturated rings. The van der Waals surface area contributed by atoms with E-state index in [1.807, 2.05) is 25.1 Å². The van der Waals surface area contributed by atoms with E-state index in [4.69, 9.17) is 0 Å². The lowest BCUT2D eigenvalue weighted by molar-refractivity contribution is -0.124. The first kappa shape index (κ1) is 16.5. The van der Waals surface area contributed by atoms with E-state index in [2.05, 4.69) is 11.4 Å². The average molecular weight is 336 g/mol. The zero-order valence-electron chi connectivity index (χ0n) is 13.7. The third-order valence-corrected chi connectivity index (χ3v) is 6.21. The molecule has 1 N–H and O–H groups in total. The molecule has 3 rings (SSSR count). The lowest BCUT2D eigenvalue weighted by Crippen LogP contribution is -2.51. The van der Waals surface area contributed by atoms with Crippen LogP contribution in [0.2, 0.25) is 0 Å². The molecule has 6 heteroatoms. The summed E-state index contributed by atoms with van der Waals surface area (Å²) in [5.74, 6) is 0.0449. The smallest absolute Gasteiger partial charge is 0.230 e. The van der Waals surface area contributed by atoms with Gasteiger partial charge in [0, 0.05) is 19.1 Å². The summed E-state index contributed by atoms with van der Waals surface area (Å²) in [6.07, 6.45) is 4.58. The summed E-state index contributed by atoms with van der Waals surface area (Å²) in [7, 11) is -3.19. The maximum atomic E-state index is 12.8. The van der Waals surface area contributed by atoms with Gasteiger partial charge in [0.05, 0.1) is 11.7 Å². The van der Waals surface area contributed by atoms with Crippen molar-refractivity contribution in [1.29, 1.82) is 0 Å². The number of carbonyl (C=O) groups is 1. The van der Waals surface area contributed by atoms with E-state index >= 15 is 0 Å². The van der Waals surface area contributed by atoms with Crippen LogP contribution in [0.25, 0.3) is 0 Å². The van der Waals surface area contributed by atoms with Crippen LogP contribution in [0.5, 0.6) is 0 Å². The van der Waals surface area contributed by atoms with Crippen molar-refractivity contribution in [2.45, 2.75) is 44.1 Å². The number of piperidine rings is 1. The Hall–Kier alpha value is -1.40. The molecule has 1 saturated heterocycles. The Labute approximate surface area is 138 Å². The fourth-order valence-corrected chi connectivity index (χ4v) is 4.31. The number of benzene rings is 1. The maximum absolute atomic E-state index is 12.8. The molecule has 1 aliphatic heterocycles. The van der Waals surface area contributed by atoms with Crippen LogP contribution in [0.3, 0.4) is 0 Å². The van der Waals surface area contributed by atoms with Crippen LogP contribution < -0.4 is 5.32 Å². The van der Waals surface area contributed by atoms with Gasteiger partial charge in [-0.15, -0.1) is 0 Å². The molecule has 0 aromatic heterocycles. The van der Waals surface area contributed by atoms with Gasteiger partial charge in [-0.3, -0.25) is 4.79 Å². The topological polar surface area (TPSA) is 66.5 Å². The van der Waals surface area contributed by atoms with E-state index in [0.717, 1.165) is 36.8 Å². The van der Waals surface area contributed by atoms with E-state index in [0.29, 0.717) is 13.1 Å². The predicted octanol–water partition coefficient (Wildman–Crippen LogP) is 1.57. The Kier molecular flexibility index (Phi) is 4.23. The number of hydrogen-bond donors (Lipinski definition) is 1. The lowest BCUT2D eigenvalue weighted by Gasteiger charge is -2.32. The molecular formula is C17H24N2O3S. The molecule has 5 nitrogen and oxygen atoms in total. The van der Waals surface area contributed by atoms with Crippen molar-refractivity contribution in [2.75, 3.05) is 19.3 Å². The molecule has 1 heterocycles. The standard InChI is InChI=1S/C17H24N2O3S/c1-13-5-3-6-14(11-13)17(8-9-17)16(20)18-15-7-4-10-19(12-15)23(2,21)22/h3,5-6,11,15H,4,7-10,12H2,1-2H3,(H,18,20)/t15-/m0/s1. The van der Waals surface area contributed by atoms with Crippen LogP contribution in [0.1, 0.15) is 36.8 Å². The highest BCUT2D eigenvalue weighted by atomic mass is 32.2. The molecule has 1 aliphatic carbocycles. The zero-order chi connectivity index (χ0) is 16.7. The second-order valence-corrected chi connectivity index (χ2v) is 8.87. The average Bonchev–Trinajstić information content (AvgIpc) is 3.28. The minimum absolute atomic E-state index is 0.0449. The van der Waals surface area contributed by atoms with Crippen LogP contribution >= 0.6 is 0 Å². The van der Waals surface area contributed by atoms with Crippen LogP contribution in [0.15, 0.2) is 24.3 Å². The Bertz CT molecular complexity index is 710. The third kappa shape index (κ3) is 3.43. The van der Waals surface area contributed by atoms with Crippen molar-refractivity contribution < 1.29 is 13.2 Å². The Morgan fingerprint density at radius 2 is 2.09 bits per heavy atom. The quantitative estimate of drug-likeness (QED) is 0.907. The van der Waals surface area contributed by atoms with Gasteiger partial charge in [-0.1, -0.05) is 29.8 Å². The van der Waals surface area contributed by atoms with E-state index in [1.165, 1.54) is 10.6 Å². The van der Waals surface area contributed by atoms with Crippen LogP contribution in [-0.4, -0.2) is 44.0 Å². The molecule has 23 heavy (non-hydrogen) atoms. The second-order valence-electron chi connectivity index (χ2n) is 6.89. The molecule has 0 unspecified atom stereocenters. The first-order valence-corrected chi connectivity index (χ1v) is 9.99. The van der Waals surface area contributed by atoms with Crippen LogP contribution in [0, 0.1) is 6.92 Å². The van der Waals surface area contributed by atoms with E-state index < -0.39 is 15.4 Å². The molecule has 0 radical (unpaired) electrons. The minimum atomic E-state index is -3.19. The van der Waals surface area contributed by atoms with Gasteiger partial charge in [-0.05, 0) is 38.2 Å². The van der Waals surface area contributed by atoms with Gasteiger partial charge in [0.25, 0.3) is 0 Å². The number of amides is 1. The summed E-state index contributed by atoms with van der Waals surface area (Å²) >= 11 is 0. The van der Waals surface area contributed by atoms with Crippen molar-refractivity contribution >= 4 is 15.9 Å². The van der Waals surface area contributed by atoms with Crippen molar-refractivity contribution in [2.24, 2.45) is 0 Å². The highest BCUT2D eigenvalue weighted by Gasteiger charge is 2.51. The zero-order valence-corrected chi connectivity index (χ0v) is 14.5.